The summed E-state index contributed by atoms with van der Waals surface area (Å²) in [4.78, 5) is 19.8. The Hall–Kier alpha value is -1.60. The number of halogens is 3. The van der Waals surface area contributed by atoms with Crippen LogP contribution in [0.5, 0.6) is 0 Å². The number of carbonyl (C=O) groups is 1. The van der Waals surface area contributed by atoms with Gasteiger partial charge in [0.05, 0.1) is 5.56 Å². The normalized spacial score (nSPS) is 21.4. The van der Waals surface area contributed by atoms with E-state index in [1.165, 1.54) is 12.1 Å². The predicted octanol–water partition coefficient (Wildman–Crippen LogP) is 3.34. The zero-order chi connectivity index (χ0) is 19.6. The van der Waals surface area contributed by atoms with Crippen LogP contribution < -0.4 is 0 Å². The van der Waals surface area contributed by atoms with E-state index in [1.807, 2.05) is 4.90 Å². The Bertz CT molecular complexity index is 609. The molecular formula is C20H28F3N3O. The minimum Gasteiger partial charge on any atom is -0.332 e. The van der Waals surface area contributed by atoms with Gasteiger partial charge < -0.3 is 14.7 Å². The Labute approximate surface area is 158 Å². The van der Waals surface area contributed by atoms with Crippen LogP contribution in [-0.4, -0.2) is 73.0 Å². The van der Waals surface area contributed by atoms with Crippen molar-refractivity contribution in [3.05, 3.63) is 35.4 Å². The van der Waals surface area contributed by atoms with Gasteiger partial charge in [0.25, 0.3) is 5.91 Å². The van der Waals surface area contributed by atoms with Gasteiger partial charge in [-0.1, -0.05) is 0 Å². The Balaban J connectivity index is 1.81. The number of carbonyl (C=O) groups excluding carboxylic acids is 1. The highest BCUT2D eigenvalue weighted by molar-refractivity contribution is 5.94. The third-order valence-corrected chi connectivity index (χ3v) is 5.86. The number of likely N-dealkylation sites (tertiary alicyclic amines) is 2. The second kappa shape index (κ2) is 8.19. The maximum Gasteiger partial charge on any atom is 0.416 e. The van der Waals surface area contributed by atoms with E-state index in [2.05, 4.69) is 23.9 Å². The maximum atomic E-state index is 13.3. The van der Waals surface area contributed by atoms with Crippen LogP contribution in [0, 0.1) is 0 Å². The Morgan fingerprint density at radius 2 is 1.30 bits per heavy atom. The number of hydrogen-bond donors (Lipinski definition) is 0. The van der Waals surface area contributed by atoms with Crippen molar-refractivity contribution in [3.8, 4) is 0 Å². The van der Waals surface area contributed by atoms with Crippen molar-refractivity contribution in [3.63, 3.8) is 0 Å². The third-order valence-electron chi connectivity index (χ3n) is 5.86. The van der Waals surface area contributed by atoms with Gasteiger partial charge in [-0.15, -0.1) is 0 Å². The highest BCUT2D eigenvalue weighted by Crippen LogP contribution is 2.30. The lowest BCUT2D eigenvalue weighted by molar-refractivity contribution is -0.137. The maximum absolute atomic E-state index is 13.3. The molecule has 2 heterocycles. The molecule has 1 aromatic carbocycles. The monoisotopic (exact) mass is 383 g/mol. The smallest absolute Gasteiger partial charge is 0.332 e. The van der Waals surface area contributed by atoms with Gasteiger partial charge in [0.1, 0.15) is 0 Å². The van der Waals surface area contributed by atoms with Gasteiger partial charge in [-0.25, -0.2) is 0 Å². The number of alkyl halides is 3. The molecule has 0 saturated carbocycles. The molecule has 2 saturated heterocycles. The Kier molecular flexibility index (Phi) is 6.11. The van der Waals surface area contributed by atoms with E-state index in [1.54, 1.807) is 0 Å². The molecule has 27 heavy (non-hydrogen) atoms. The zero-order valence-corrected chi connectivity index (χ0v) is 16.0. The van der Waals surface area contributed by atoms with Crippen molar-refractivity contribution in [1.82, 2.24) is 14.7 Å². The molecule has 3 rings (SSSR count). The number of benzene rings is 1. The molecule has 0 aromatic heterocycles. The second-order valence-corrected chi connectivity index (χ2v) is 7.86. The molecule has 2 aliphatic heterocycles. The van der Waals surface area contributed by atoms with Crippen LogP contribution in [0.25, 0.3) is 0 Å². The minimum absolute atomic E-state index is 0.132. The van der Waals surface area contributed by atoms with Gasteiger partial charge in [-0.2, -0.15) is 13.2 Å². The molecule has 2 fully saturated rings. The van der Waals surface area contributed by atoms with Crippen LogP contribution in [0.1, 0.15) is 41.6 Å². The first kappa shape index (κ1) is 20.1. The molecule has 0 N–H and O–H groups in total. The standard InChI is InChI=1S/C20H28F3N3O/c1-24-11-7-17(8-12-24)26(18-9-13-25(2)14-10-18)19(27)15-3-5-16(6-4-15)20(21,22)23/h3-6,17-18H,7-14H2,1-2H3. The molecular weight excluding hydrogens is 355 g/mol. The molecule has 7 heteroatoms. The van der Waals surface area contributed by atoms with E-state index in [0.717, 1.165) is 64.0 Å². The van der Waals surface area contributed by atoms with E-state index in [4.69, 9.17) is 0 Å². The molecule has 4 nitrogen and oxygen atoms in total. The molecule has 150 valence electrons. The van der Waals surface area contributed by atoms with Crippen LogP contribution >= 0.6 is 0 Å². The largest absolute Gasteiger partial charge is 0.416 e. The number of amides is 1. The van der Waals surface area contributed by atoms with Crippen molar-refractivity contribution < 1.29 is 18.0 Å². The fraction of sp³-hybridized carbons (Fsp3) is 0.650. The first-order valence-corrected chi connectivity index (χ1v) is 9.62. The lowest BCUT2D eigenvalue weighted by Gasteiger charge is -2.44. The second-order valence-electron chi connectivity index (χ2n) is 7.86. The van der Waals surface area contributed by atoms with Crippen LogP contribution in [-0.2, 0) is 6.18 Å². The summed E-state index contributed by atoms with van der Waals surface area (Å²) in [6.07, 6.45) is -0.738. The lowest BCUT2D eigenvalue weighted by atomic mass is 9.95. The first-order valence-electron chi connectivity index (χ1n) is 9.62. The minimum atomic E-state index is -4.39. The highest BCUT2D eigenvalue weighted by atomic mass is 19.4. The van der Waals surface area contributed by atoms with E-state index >= 15 is 0 Å². The van der Waals surface area contributed by atoms with Crippen molar-refractivity contribution in [1.29, 1.82) is 0 Å². The van der Waals surface area contributed by atoms with Gasteiger partial charge >= 0.3 is 6.18 Å². The summed E-state index contributed by atoms with van der Waals surface area (Å²) in [6, 6.07) is 4.97. The molecule has 2 aliphatic rings. The predicted molar refractivity (Wildman–Crippen MR) is 98.7 cm³/mol. The summed E-state index contributed by atoms with van der Waals surface area (Å²) in [5, 5.41) is 0. The number of rotatable bonds is 3. The van der Waals surface area contributed by atoms with Crippen LogP contribution in [0.15, 0.2) is 24.3 Å². The van der Waals surface area contributed by atoms with Crippen molar-refractivity contribution in [2.24, 2.45) is 0 Å². The van der Waals surface area contributed by atoms with Crippen molar-refractivity contribution in [2.45, 2.75) is 43.9 Å². The number of nitrogens with zero attached hydrogens (tertiary/aromatic N) is 3. The molecule has 0 atom stereocenters. The summed E-state index contributed by atoms with van der Waals surface area (Å²) in [6.45, 7) is 3.75. The molecule has 0 aliphatic carbocycles. The van der Waals surface area contributed by atoms with Gasteiger partial charge in [0.2, 0.25) is 0 Å². The summed E-state index contributed by atoms with van der Waals surface area (Å²) < 4.78 is 38.5. The lowest BCUT2D eigenvalue weighted by Crippen LogP contribution is -2.54. The molecule has 1 amide bonds. The fourth-order valence-corrected chi connectivity index (χ4v) is 4.13. The molecule has 1 aromatic rings. The molecule has 0 spiro atoms. The third kappa shape index (κ3) is 4.82. The Morgan fingerprint density at radius 1 is 0.889 bits per heavy atom. The van der Waals surface area contributed by atoms with Gasteiger partial charge in [0, 0.05) is 17.6 Å². The van der Waals surface area contributed by atoms with Crippen LogP contribution in [0.3, 0.4) is 0 Å². The fourth-order valence-electron chi connectivity index (χ4n) is 4.13. The van der Waals surface area contributed by atoms with Gasteiger partial charge in [0.15, 0.2) is 0 Å². The summed E-state index contributed by atoms with van der Waals surface area (Å²) in [5.41, 5.74) is -0.370. The number of piperidine rings is 2. The zero-order valence-electron chi connectivity index (χ0n) is 16.0. The van der Waals surface area contributed by atoms with E-state index in [-0.39, 0.29) is 18.0 Å². The molecule has 0 unspecified atom stereocenters. The molecule has 0 radical (unpaired) electrons. The van der Waals surface area contributed by atoms with Crippen molar-refractivity contribution in [2.75, 3.05) is 40.3 Å². The topological polar surface area (TPSA) is 26.8 Å². The Morgan fingerprint density at radius 3 is 1.67 bits per heavy atom. The highest BCUT2D eigenvalue weighted by Gasteiger charge is 2.35. The molecule has 0 bridgehead atoms. The average molecular weight is 383 g/mol. The summed E-state index contributed by atoms with van der Waals surface area (Å²) in [7, 11) is 4.15. The van der Waals surface area contributed by atoms with E-state index in [9.17, 15) is 18.0 Å². The number of hydrogen-bond acceptors (Lipinski definition) is 3. The van der Waals surface area contributed by atoms with Crippen LogP contribution in [0.2, 0.25) is 0 Å². The average Bonchev–Trinajstić information content (AvgIpc) is 2.64. The SMILES string of the molecule is CN1CCC(N(C(=O)c2ccc(C(F)(F)F)cc2)C2CCN(C)CC2)CC1. The summed E-state index contributed by atoms with van der Waals surface area (Å²) in [5.74, 6) is -0.132. The van der Waals surface area contributed by atoms with E-state index in [0.29, 0.717) is 5.56 Å². The van der Waals surface area contributed by atoms with E-state index < -0.39 is 11.7 Å². The van der Waals surface area contributed by atoms with Gasteiger partial charge in [-0.05, 0) is 90.2 Å². The van der Waals surface area contributed by atoms with Crippen LogP contribution in [0.4, 0.5) is 13.2 Å². The summed E-state index contributed by atoms with van der Waals surface area (Å²) >= 11 is 0. The van der Waals surface area contributed by atoms with Gasteiger partial charge in [-0.3, -0.25) is 4.79 Å². The quantitative estimate of drug-likeness (QED) is 0.801. The first-order chi connectivity index (χ1) is 12.8. The van der Waals surface area contributed by atoms with Crippen molar-refractivity contribution >= 4 is 5.91 Å².